The Bertz CT molecular complexity index is 344. The van der Waals surface area contributed by atoms with Gasteiger partial charge in [0.15, 0.2) is 0 Å². The van der Waals surface area contributed by atoms with Crippen molar-refractivity contribution in [2.45, 2.75) is 40.0 Å². The van der Waals surface area contributed by atoms with E-state index >= 15 is 0 Å². The molecule has 0 radical (unpaired) electrons. The lowest BCUT2D eigenvalue weighted by Crippen LogP contribution is -2.09. The number of hydrogen-bond donors (Lipinski definition) is 1. The van der Waals surface area contributed by atoms with Gasteiger partial charge in [-0.15, -0.1) is 0 Å². The molecule has 82 valence electrons. The molecule has 1 aromatic carbocycles. The van der Waals surface area contributed by atoms with E-state index in [0.717, 1.165) is 18.5 Å². The molecule has 0 saturated heterocycles. The molecule has 0 saturated carbocycles. The van der Waals surface area contributed by atoms with Crippen LogP contribution in [0.15, 0.2) is 18.2 Å². The third-order valence-corrected chi connectivity index (χ3v) is 2.38. The zero-order valence-electron chi connectivity index (χ0n) is 9.76. The first-order valence-corrected chi connectivity index (χ1v) is 5.65. The highest BCUT2D eigenvalue weighted by atomic mass is 16.1. The van der Waals surface area contributed by atoms with E-state index in [4.69, 9.17) is 0 Å². The van der Waals surface area contributed by atoms with Crippen molar-refractivity contribution in [1.29, 1.82) is 0 Å². The van der Waals surface area contributed by atoms with Gasteiger partial charge in [0, 0.05) is 12.1 Å². The largest absolute Gasteiger partial charge is 0.326 e. The Morgan fingerprint density at radius 2 is 1.93 bits per heavy atom. The van der Waals surface area contributed by atoms with E-state index in [-0.39, 0.29) is 5.91 Å². The fourth-order valence-electron chi connectivity index (χ4n) is 1.70. The van der Waals surface area contributed by atoms with Crippen LogP contribution < -0.4 is 5.32 Å². The van der Waals surface area contributed by atoms with Crippen molar-refractivity contribution in [3.63, 3.8) is 0 Å². The number of anilines is 1. The maximum atomic E-state index is 11.2. The smallest absolute Gasteiger partial charge is 0.224 e. The third-order valence-electron chi connectivity index (χ3n) is 2.38. The Morgan fingerprint density at radius 3 is 2.67 bits per heavy atom. The van der Waals surface area contributed by atoms with Crippen LogP contribution in [0.2, 0.25) is 0 Å². The quantitative estimate of drug-likeness (QED) is 0.691. The number of rotatable bonds is 0. The Balaban J connectivity index is 0.000000531. The van der Waals surface area contributed by atoms with Gasteiger partial charge >= 0.3 is 0 Å². The van der Waals surface area contributed by atoms with Gasteiger partial charge in [0.1, 0.15) is 0 Å². The number of amides is 1. The molecular weight excluding hydrogens is 186 g/mol. The molecule has 1 amide bonds. The number of aryl methyl sites for hydroxylation is 2. The summed E-state index contributed by atoms with van der Waals surface area (Å²) in [6, 6.07) is 6.18. The minimum absolute atomic E-state index is 0.141. The van der Waals surface area contributed by atoms with Gasteiger partial charge in [-0.1, -0.05) is 31.5 Å². The van der Waals surface area contributed by atoms with E-state index in [1.165, 1.54) is 11.1 Å². The lowest BCUT2D eigenvalue weighted by molar-refractivity contribution is -0.116. The van der Waals surface area contributed by atoms with E-state index in [0.29, 0.717) is 6.42 Å². The number of fused-ring (bicyclic) bond motifs is 1. The second-order valence-electron chi connectivity index (χ2n) is 3.56. The molecule has 1 aliphatic heterocycles. The highest BCUT2D eigenvalue weighted by molar-refractivity contribution is 5.92. The molecule has 1 N–H and O–H groups in total. The van der Waals surface area contributed by atoms with Crippen LogP contribution in [0, 0.1) is 6.92 Å². The van der Waals surface area contributed by atoms with Crippen LogP contribution in [0.4, 0.5) is 5.69 Å². The number of benzene rings is 1. The first-order valence-electron chi connectivity index (χ1n) is 5.65. The molecular formula is C13H19NO. The first-order chi connectivity index (χ1) is 7.25. The molecule has 0 atom stereocenters. The van der Waals surface area contributed by atoms with Gasteiger partial charge < -0.3 is 5.32 Å². The molecule has 0 aromatic heterocycles. The lowest BCUT2D eigenvalue weighted by atomic mass is 10.1. The maximum Gasteiger partial charge on any atom is 0.224 e. The molecule has 15 heavy (non-hydrogen) atoms. The standard InChI is InChI=1S/C11H13NO.C2H6/c1-8-5-6-10-9(7-8)3-2-4-11(13)12-10;1-2/h5-7H,2-4H2,1H3,(H,12,13);1-2H3. The first kappa shape index (κ1) is 11.8. The van der Waals surface area contributed by atoms with Crippen molar-refractivity contribution in [2.24, 2.45) is 0 Å². The van der Waals surface area contributed by atoms with Gasteiger partial charge in [-0.05, 0) is 31.4 Å². The topological polar surface area (TPSA) is 29.1 Å². The van der Waals surface area contributed by atoms with Crippen LogP contribution in [-0.2, 0) is 11.2 Å². The highest BCUT2D eigenvalue weighted by Gasteiger charge is 2.11. The average molecular weight is 205 g/mol. The molecule has 2 nitrogen and oxygen atoms in total. The zero-order valence-corrected chi connectivity index (χ0v) is 9.76. The molecule has 0 fully saturated rings. The van der Waals surface area contributed by atoms with Crippen LogP contribution >= 0.6 is 0 Å². The van der Waals surface area contributed by atoms with Crippen LogP contribution in [-0.4, -0.2) is 5.91 Å². The molecule has 1 aromatic rings. The predicted octanol–water partition coefficient (Wildman–Crippen LogP) is 3.30. The number of hydrogen-bond acceptors (Lipinski definition) is 1. The van der Waals surface area contributed by atoms with Gasteiger partial charge in [0.2, 0.25) is 5.91 Å². The van der Waals surface area contributed by atoms with Crippen molar-refractivity contribution in [2.75, 3.05) is 5.32 Å². The summed E-state index contributed by atoms with van der Waals surface area (Å²) in [6.45, 7) is 6.08. The van der Waals surface area contributed by atoms with Gasteiger partial charge in [0.05, 0.1) is 0 Å². The Hall–Kier alpha value is -1.31. The van der Waals surface area contributed by atoms with Crippen LogP contribution in [0.1, 0.15) is 37.8 Å². The van der Waals surface area contributed by atoms with Crippen molar-refractivity contribution in [3.05, 3.63) is 29.3 Å². The summed E-state index contributed by atoms with van der Waals surface area (Å²) in [4.78, 5) is 11.2. The second-order valence-corrected chi connectivity index (χ2v) is 3.56. The van der Waals surface area contributed by atoms with E-state index in [2.05, 4.69) is 18.3 Å². The lowest BCUT2D eigenvalue weighted by Gasteiger charge is -2.06. The summed E-state index contributed by atoms with van der Waals surface area (Å²) in [5, 5.41) is 2.91. The Kier molecular flexibility index (Phi) is 4.35. The fourth-order valence-corrected chi connectivity index (χ4v) is 1.70. The highest BCUT2D eigenvalue weighted by Crippen LogP contribution is 2.22. The van der Waals surface area contributed by atoms with Crippen LogP contribution in [0.25, 0.3) is 0 Å². The number of carbonyl (C=O) groups is 1. The molecule has 0 aliphatic carbocycles. The van der Waals surface area contributed by atoms with E-state index < -0.39 is 0 Å². The Morgan fingerprint density at radius 1 is 1.20 bits per heavy atom. The summed E-state index contributed by atoms with van der Waals surface area (Å²) in [7, 11) is 0. The van der Waals surface area contributed by atoms with E-state index in [1.807, 2.05) is 26.0 Å². The van der Waals surface area contributed by atoms with Gasteiger partial charge in [-0.3, -0.25) is 4.79 Å². The molecule has 2 rings (SSSR count). The summed E-state index contributed by atoms with van der Waals surface area (Å²) in [5.74, 6) is 0.141. The normalized spacial score (nSPS) is 14.2. The predicted molar refractivity (Wildman–Crippen MR) is 64.1 cm³/mol. The van der Waals surface area contributed by atoms with Gasteiger partial charge in [-0.25, -0.2) is 0 Å². The van der Waals surface area contributed by atoms with Gasteiger partial charge in [-0.2, -0.15) is 0 Å². The fraction of sp³-hybridized carbons (Fsp3) is 0.462. The summed E-state index contributed by atoms with van der Waals surface area (Å²) >= 11 is 0. The van der Waals surface area contributed by atoms with Crippen LogP contribution in [0.5, 0.6) is 0 Å². The van der Waals surface area contributed by atoms with Crippen molar-refractivity contribution >= 4 is 11.6 Å². The number of nitrogens with one attached hydrogen (secondary N) is 1. The van der Waals surface area contributed by atoms with E-state index in [9.17, 15) is 4.79 Å². The van der Waals surface area contributed by atoms with Crippen molar-refractivity contribution in [3.8, 4) is 0 Å². The van der Waals surface area contributed by atoms with Crippen molar-refractivity contribution in [1.82, 2.24) is 0 Å². The second kappa shape index (κ2) is 5.54. The molecule has 1 aliphatic rings. The zero-order chi connectivity index (χ0) is 11.3. The van der Waals surface area contributed by atoms with E-state index in [1.54, 1.807) is 0 Å². The summed E-state index contributed by atoms with van der Waals surface area (Å²) in [6.07, 6.45) is 2.62. The molecule has 1 heterocycles. The Labute approximate surface area is 91.7 Å². The number of carbonyl (C=O) groups excluding carboxylic acids is 1. The summed E-state index contributed by atoms with van der Waals surface area (Å²) < 4.78 is 0. The molecule has 0 unspecified atom stereocenters. The van der Waals surface area contributed by atoms with Gasteiger partial charge in [0.25, 0.3) is 0 Å². The molecule has 0 bridgehead atoms. The molecule has 2 heteroatoms. The van der Waals surface area contributed by atoms with Crippen molar-refractivity contribution < 1.29 is 4.79 Å². The monoisotopic (exact) mass is 205 g/mol. The SMILES string of the molecule is CC.Cc1ccc2c(c1)CCCC(=O)N2. The molecule has 0 spiro atoms. The average Bonchev–Trinajstić information content (AvgIpc) is 2.42. The summed E-state index contributed by atoms with van der Waals surface area (Å²) in [5.41, 5.74) is 3.52. The minimum Gasteiger partial charge on any atom is -0.326 e. The third kappa shape index (κ3) is 3.08. The minimum atomic E-state index is 0.141. The maximum absolute atomic E-state index is 11.2. The van der Waals surface area contributed by atoms with Crippen LogP contribution in [0.3, 0.4) is 0 Å².